The number of aliphatic hydroxyl groups is 1. The summed E-state index contributed by atoms with van der Waals surface area (Å²) in [6.07, 6.45) is 0.887. The molecule has 2 aromatic rings. The van der Waals surface area contributed by atoms with Gasteiger partial charge in [0.05, 0.1) is 6.10 Å². The van der Waals surface area contributed by atoms with E-state index in [1.165, 1.54) is 17.0 Å². The van der Waals surface area contributed by atoms with Crippen molar-refractivity contribution in [1.29, 1.82) is 0 Å². The number of β-amino-alcohol motifs (C(OH)–C–C–N with tert-alkyl or cyclic N) is 1. The Morgan fingerprint density at radius 3 is 2.96 bits per heavy atom. The Hall–Kier alpha value is -2.48. The van der Waals surface area contributed by atoms with Gasteiger partial charge < -0.3 is 19.3 Å². The molecule has 1 aliphatic heterocycles. The Morgan fingerprint density at radius 2 is 2.21 bits per heavy atom. The van der Waals surface area contributed by atoms with Crippen molar-refractivity contribution >= 4 is 5.91 Å². The Bertz CT molecular complexity index is 735. The predicted molar refractivity (Wildman–Crippen MR) is 78.3 cm³/mol. The molecule has 1 fully saturated rings. The van der Waals surface area contributed by atoms with Gasteiger partial charge >= 0.3 is 0 Å². The standard InChI is InChI=1S/C16H16F2N2O4/c17-13-4-3-11(6-14(13)18)23-9-12-7-15(19-24-12)16(22)20-5-1-2-10(21)8-20/h3-4,6-7,10,21H,1-2,5,8-9H2/t10-/m1/s1. The molecule has 8 heteroatoms. The van der Waals surface area contributed by atoms with Crippen LogP contribution in [0.25, 0.3) is 0 Å². The zero-order chi connectivity index (χ0) is 17.1. The van der Waals surface area contributed by atoms with Crippen LogP contribution in [0.3, 0.4) is 0 Å². The average molecular weight is 338 g/mol. The predicted octanol–water partition coefficient (Wildman–Crippen LogP) is 2.13. The molecule has 3 rings (SSSR count). The smallest absolute Gasteiger partial charge is 0.276 e. The molecule has 1 aliphatic rings. The number of hydrogen-bond acceptors (Lipinski definition) is 5. The number of benzene rings is 1. The van der Waals surface area contributed by atoms with Gasteiger partial charge in [0.1, 0.15) is 12.4 Å². The van der Waals surface area contributed by atoms with Crippen molar-refractivity contribution in [3.63, 3.8) is 0 Å². The van der Waals surface area contributed by atoms with Gasteiger partial charge in [0.15, 0.2) is 23.1 Å². The van der Waals surface area contributed by atoms with E-state index in [4.69, 9.17) is 9.26 Å². The SMILES string of the molecule is O=C(c1cc(COc2ccc(F)c(F)c2)on1)N1CCC[C@@H](O)C1. The van der Waals surface area contributed by atoms with Gasteiger partial charge in [-0.05, 0) is 25.0 Å². The van der Waals surface area contributed by atoms with Crippen LogP contribution in [0.2, 0.25) is 0 Å². The minimum Gasteiger partial charge on any atom is -0.485 e. The van der Waals surface area contributed by atoms with E-state index >= 15 is 0 Å². The average Bonchev–Trinajstić information content (AvgIpc) is 3.04. The largest absolute Gasteiger partial charge is 0.485 e. The third-order valence-electron chi connectivity index (χ3n) is 3.73. The molecule has 0 bridgehead atoms. The lowest BCUT2D eigenvalue weighted by Crippen LogP contribution is -2.42. The molecule has 1 N–H and O–H groups in total. The molecule has 0 radical (unpaired) electrons. The summed E-state index contributed by atoms with van der Waals surface area (Å²) in [4.78, 5) is 13.8. The molecule has 0 saturated carbocycles. The van der Waals surface area contributed by atoms with Crippen LogP contribution in [0, 0.1) is 11.6 Å². The van der Waals surface area contributed by atoms with Gasteiger partial charge in [0.2, 0.25) is 0 Å². The van der Waals surface area contributed by atoms with Crippen molar-refractivity contribution in [2.75, 3.05) is 13.1 Å². The number of aromatic nitrogens is 1. The third-order valence-corrected chi connectivity index (χ3v) is 3.73. The first-order valence-electron chi connectivity index (χ1n) is 7.53. The van der Waals surface area contributed by atoms with Gasteiger partial charge in [-0.3, -0.25) is 4.79 Å². The summed E-state index contributed by atoms with van der Waals surface area (Å²) in [7, 11) is 0. The highest BCUT2D eigenvalue weighted by atomic mass is 19.2. The van der Waals surface area contributed by atoms with Crippen LogP contribution in [-0.2, 0) is 6.61 Å². The number of rotatable bonds is 4. The summed E-state index contributed by atoms with van der Waals surface area (Å²) < 4.78 is 36.2. The molecule has 1 aromatic heterocycles. The van der Waals surface area contributed by atoms with Crippen molar-refractivity contribution in [3.8, 4) is 5.75 Å². The first kappa shape index (κ1) is 16.4. The molecule has 1 atom stereocenters. The fourth-order valence-corrected chi connectivity index (χ4v) is 2.50. The second-order valence-electron chi connectivity index (χ2n) is 5.59. The highest BCUT2D eigenvalue weighted by Gasteiger charge is 2.25. The number of halogens is 2. The second-order valence-corrected chi connectivity index (χ2v) is 5.59. The Labute approximate surface area is 136 Å². The van der Waals surface area contributed by atoms with Crippen molar-refractivity contribution < 1.29 is 27.9 Å². The topological polar surface area (TPSA) is 75.8 Å². The first-order valence-corrected chi connectivity index (χ1v) is 7.53. The van der Waals surface area contributed by atoms with E-state index in [2.05, 4.69) is 5.16 Å². The van der Waals surface area contributed by atoms with Crippen molar-refractivity contribution in [2.45, 2.75) is 25.6 Å². The van der Waals surface area contributed by atoms with Crippen LogP contribution >= 0.6 is 0 Å². The lowest BCUT2D eigenvalue weighted by Gasteiger charge is -2.29. The van der Waals surface area contributed by atoms with E-state index in [9.17, 15) is 18.7 Å². The Balaban J connectivity index is 1.60. The summed E-state index contributed by atoms with van der Waals surface area (Å²) in [5, 5.41) is 13.3. The van der Waals surface area contributed by atoms with Crippen LogP contribution in [-0.4, -0.2) is 40.3 Å². The lowest BCUT2D eigenvalue weighted by molar-refractivity contribution is 0.0465. The van der Waals surface area contributed by atoms with Crippen LogP contribution < -0.4 is 4.74 Å². The van der Waals surface area contributed by atoms with Crippen molar-refractivity contribution in [1.82, 2.24) is 10.1 Å². The van der Waals surface area contributed by atoms with Gasteiger partial charge in [-0.1, -0.05) is 5.16 Å². The maximum Gasteiger partial charge on any atom is 0.276 e. The van der Waals surface area contributed by atoms with Crippen molar-refractivity contribution in [2.24, 2.45) is 0 Å². The highest BCUT2D eigenvalue weighted by molar-refractivity contribution is 5.92. The fraction of sp³-hybridized carbons (Fsp3) is 0.375. The molecule has 0 unspecified atom stereocenters. The van der Waals surface area contributed by atoms with Crippen LogP contribution in [0.15, 0.2) is 28.8 Å². The molecule has 0 spiro atoms. The number of aliphatic hydroxyl groups excluding tert-OH is 1. The molecule has 0 aliphatic carbocycles. The Morgan fingerprint density at radius 1 is 1.38 bits per heavy atom. The molecule has 1 saturated heterocycles. The molecule has 1 aromatic carbocycles. The van der Waals surface area contributed by atoms with Gasteiger partial charge in [-0.15, -0.1) is 0 Å². The number of amides is 1. The van der Waals surface area contributed by atoms with E-state index < -0.39 is 17.7 Å². The van der Waals surface area contributed by atoms with E-state index in [0.717, 1.165) is 18.6 Å². The van der Waals surface area contributed by atoms with Gasteiger partial charge in [-0.25, -0.2) is 8.78 Å². The molecule has 6 nitrogen and oxygen atoms in total. The maximum atomic E-state index is 13.1. The van der Waals surface area contributed by atoms with E-state index in [0.29, 0.717) is 13.0 Å². The first-order chi connectivity index (χ1) is 11.5. The zero-order valence-electron chi connectivity index (χ0n) is 12.7. The van der Waals surface area contributed by atoms with Gasteiger partial charge in [0.25, 0.3) is 5.91 Å². The van der Waals surface area contributed by atoms with Crippen molar-refractivity contribution in [3.05, 3.63) is 47.4 Å². The summed E-state index contributed by atoms with van der Waals surface area (Å²) in [5.74, 6) is -1.88. The highest BCUT2D eigenvalue weighted by Crippen LogP contribution is 2.18. The summed E-state index contributed by atoms with van der Waals surface area (Å²) >= 11 is 0. The minimum atomic E-state index is -1.01. The van der Waals surface area contributed by atoms with Crippen LogP contribution in [0.1, 0.15) is 29.1 Å². The number of piperidine rings is 1. The quantitative estimate of drug-likeness (QED) is 0.924. The van der Waals surface area contributed by atoms with E-state index in [-0.39, 0.29) is 36.3 Å². The number of hydrogen-bond donors (Lipinski definition) is 1. The summed E-state index contributed by atoms with van der Waals surface area (Å²) in [6.45, 7) is 0.754. The number of ether oxygens (including phenoxy) is 1. The molecular formula is C16H16F2N2O4. The lowest BCUT2D eigenvalue weighted by atomic mass is 10.1. The fourth-order valence-electron chi connectivity index (χ4n) is 2.50. The number of carbonyl (C=O) groups excluding carboxylic acids is 1. The van der Waals surface area contributed by atoms with Gasteiger partial charge in [-0.2, -0.15) is 0 Å². The monoisotopic (exact) mass is 338 g/mol. The maximum absolute atomic E-state index is 13.1. The zero-order valence-corrected chi connectivity index (χ0v) is 12.7. The molecule has 128 valence electrons. The molecule has 2 heterocycles. The summed E-state index contributed by atoms with van der Waals surface area (Å²) in [6, 6.07) is 4.60. The number of carbonyl (C=O) groups is 1. The van der Waals surface area contributed by atoms with Gasteiger partial charge in [0, 0.05) is 25.2 Å². The normalized spacial score (nSPS) is 17.8. The molecular weight excluding hydrogens is 322 g/mol. The van der Waals surface area contributed by atoms with E-state index in [1.807, 2.05) is 0 Å². The number of likely N-dealkylation sites (tertiary alicyclic amines) is 1. The van der Waals surface area contributed by atoms with E-state index in [1.54, 1.807) is 0 Å². The molecule has 1 amide bonds. The summed E-state index contributed by atoms with van der Waals surface area (Å²) in [5.41, 5.74) is 0.119. The van der Waals surface area contributed by atoms with Crippen LogP contribution in [0.5, 0.6) is 5.75 Å². The number of nitrogens with zero attached hydrogens (tertiary/aromatic N) is 2. The molecule has 24 heavy (non-hydrogen) atoms. The second kappa shape index (κ2) is 6.96. The third kappa shape index (κ3) is 3.70. The Kier molecular flexibility index (Phi) is 4.75. The van der Waals surface area contributed by atoms with Crippen LogP contribution in [0.4, 0.5) is 8.78 Å². The minimum absolute atomic E-state index is 0.0754.